The van der Waals surface area contributed by atoms with Crippen LogP contribution in [-0.4, -0.2) is 50.5 Å². The zero-order valence-electron chi connectivity index (χ0n) is 16.4. The summed E-state index contributed by atoms with van der Waals surface area (Å²) in [4.78, 5) is 8.60. The van der Waals surface area contributed by atoms with Crippen molar-refractivity contribution in [3.05, 3.63) is 59.7 Å². The molecule has 30 heavy (non-hydrogen) atoms. The summed E-state index contributed by atoms with van der Waals surface area (Å²) in [6, 6.07) is 16.9. The van der Waals surface area contributed by atoms with Crippen LogP contribution < -0.4 is 21.5 Å². The van der Waals surface area contributed by atoms with Crippen molar-refractivity contribution in [1.29, 1.82) is 0 Å². The number of hydrogen-bond acceptors (Lipinski definition) is 8. The summed E-state index contributed by atoms with van der Waals surface area (Å²) in [5.74, 6) is 1.39. The van der Waals surface area contributed by atoms with Gasteiger partial charge in [-0.3, -0.25) is 0 Å². The molecule has 2 heterocycles. The standard InChI is InChI=1S/C22H22N8/c1-2-4-16-12-19-17(11-15(16)3-1)5-6-18(13-27-29-21-23-7-8-24-21)20(19)14-28-30-22-25-9-10-26-22/h1-6,11-14H,7-10H2,(H2,23,24,29)(H2,25,26,30). The highest BCUT2D eigenvalue weighted by molar-refractivity contribution is 6.11. The number of aliphatic imine (C=N–C) groups is 2. The van der Waals surface area contributed by atoms with Crippen molar-refractivity contribution in [2.75, 3.05) is 26.2 Å². The molecule has 0 saturated carbocycles. The van der Waals surface area contributed by atoms with Crippen molar-refractivity contribution >= 4 is 45.9 Å². The second-order valence-corrected chi connectivity index (χ2v) is 7.04. The molecular weight excluding hydrogens is 376 g/mol. The highest BCUT2D eigenvalue weighted by Gasteiger charge is 2.08. The summed E-state index contributed by atoms with van der Waals surface area (Å²) in [6.07, 6.45) is 3.62. The van der Waals surface area contributed by atoms with E-state index in [1.165, 1.54) is 10.8 Å². The van der Waals surface area contributed by atoms with Crippen molar-refractivity contribution < 1.29 is 0 Å². The number of fused-ring (bicyclic) bond motifs is 2. The summed E-state index contributed by atoms with van der Waals surface area (Å²) in [6.45, 7) is 3.20. The van der Waals surface area contributed by atoms with Gasteiger partial charge in [0.05, 0.1) is 25.5 Å². The van der Waals surface area contributed by atoms with Crippen LogP contribution in [0, 0.1) is 0 Å². The molecular formula is C22H22N8. The Labute approximate surface area is 173 Å². The van der Waals surface area contributed by atoms with E-state index >= 15 is 0 Å². The Morgan fingerprint density at radius 1 is 0.767 bits per heavy atom. The minimum atomic E-state index is 0.694. The van der Waals surface area contributed by atoms with Crippen molar-refractivity contribution in [2.45, 2.75) is 0 Å². The molecule has 0 fully saturated rings. The molecule has 0 bridgehead atoms. The van der Waals surface area contributed by atoms with E-state index in [1.54, 1.807) is 6.21 Å². The maximum Gasteiger partial charge on any atom is 0.212 e. The fourth-order valence-electron chi connectivity index (χ4n) is 3.58. The van der Waals surface area contributed by atoms with E-state index < -0.39 is 0 Å². The van der Waals surface area contributed by atoms with E-state index in [2.05, 4.69) is 90.2 Å². The lowest BCUT2D eigenvalue weighted by atomic mass is 9.97. The first kappa shape index (κ1) is 18.1. The minimum absolute atomic E-state index is 0.694. The Hall–Kier alpha value is -3.94. The molecule has 0 spiro atoms. The van der Waals surface area contributed by atoms with Gasteiger partial charge in [-0.1, -0.05) is 36.4 Å². The molecule has 4 N–H and O–H groups in total. The summed E-state index contributed by atoms with van der Waals surface area (Å²) >= 11 is 0. The van der Waals surface area contributed by atoms with Gasteiger partial charge in [-0.25, -0.2) is 20.8 Å². The van der Waals surface area contributed by atoms with Crippen molar-refractivity contribution in [3.63, 3.8) is 0 Å². The lowest BCUT2D eigenvalue weighted by molar-refractivity contribution is 0.919. The molecule has 0 radical (unpaired) electrons. The van der Waals surface area contributed by atoms with Gasteiger partial charge in [-0.05, 0) is 33.7 Å². The van der Waals surface area contributed by atoms with Gasteiger partial charge in [-0.2, -0.15) is 10.2 Å². The van der Waals surface area contributed by atoms with Gasteiger partial charge in [0.15, 0.2) is 0 Å². The third-order valence-electron chi connectivity index (χ3n) is 5.05. The van der Waals surface area contributed by atoms with Gasteiger partial charge in [0.1, 0.15) is 0 Å². The first-order valence-electron chi connectivity index (χ1n) is 9.97. The monoisotopic (exact) mass is 398 g/mol. The zero-order chi connectivity index (χ0) is 20.2. The summed E-state index contributed by atoms with van der Waals surface area (Å²) in [5.41, 5.74) is 7.87. The van der Waals surface area contributed by atoms with Crippen LogP contribution in [0.4, 0.5) is 0 Å². The molecule has 0 aromatic heterocycles. The molecule has 8 nitrogen and oxygen atoms in total. The molecule has 3 aromatic carbocycles. The number of guanidine groups is 2. The van der Waals surface area contributed by atoms with Crippen LogP contribution in [0.15, 0.2) is 68.7 Å². The van der Waals surface area contributed by atoms with Crippen LogP contribution in [0.2, 0.25) is 0 Å². The van der Waals surface area contributed by atoms with E-state index in [-0.39, 0.29) is 0 Å². The molecule has 0 amide bonds. The molecule has 150 valence electrons. The average Bonchev–Trinajstić information content (AvgIpc) is 3.48. The van der Waals surface area contributed by atoms with Crippen molar-refractivity contribution in [3.8, 4) is 0 Å². The third kappa shape index (κ3) is 3.80. The molecule has 2 aliphatic heterocycles. The van der Waals surface area contributed by atoms with Gasteiger partial charge in [-0.15, -0.1) is 0 Å². The smallest absolute Gasteiger partial charge is 0.212 e. The number of hydrogen-bond donors (Lipinski definition) is 4. The second kappa shape index (κ2) is 8.20. The summed E-state index contributed by atoms with van der Waals surface area (Å²) in [5, 5.41) is 19.7. The van der Waals surface area contributed by atoms with Gasteiger partial charge in [0.25, 0.3) is 0 Å². The summed E-state index contributed by atoms with van der Waals surface area (Å²) in [7, 11) is 0. The number of benzene rings is 3. The van der Waals surface area contributed by atoms with E-state index in [0.717, 1.165) is 48.1 Å². The van der Waals surface area contributed by atoms with Crippen molar-refractivity contribution in [1.82, 2.24) is 21.5 Å². The first-order valence-corrected chi connectivity index (χ1v) is 9.97. The number of hydrazone groups is 2. The van der Waals surface area contributed by atoms with Gasteiger partial charge < -0.3 is 10.6 Å². The van der Waals surface area contributed by atoms with Gasteiger partial charge in [0.2, 0.25) is 11.9 Å². The van der Waals surface area contributed by atoms with Crippen LogP contribution in [-0.2, 0) is 0 Å². The largest absolute Gasteiger partial charge is 0.353 e. The summed E-state index contributed by atoms with van der Waals surface area (Å²) < 4.78 is 0. The van der Waals surface area contributed by atoms with Crippen LogP contribution in [0.1, 0.15) is 11.1 Å². The maximum absolute atomic E-state index is 4.41. The lowest BCUT2D eigenvalue weighted by Gasteiger charge is -2.09. The first-order chi connectivity index (χ1) is 14.9. The molecule has 2 aliphatic rings. The average molecular weight is 398 g/mol. The second-order valence-electron chi connectivity index (χ2n) is 7.04. The highest BCUT2D eigenvalue weighted by atomic mass is 15.4. The van der Waals surface area contributed by atoms with Crippen LogP contribution >= 0.6 is 0 Å². The number of nitrogens with zero attached hydrogens (tertiary/aromatic N) is 4. The Morgan fingerprint density at radius 3 is 2.10 bits per heavy atom. The Morgan fingerprint density at radius 2 is 1.43 bits per heavy atom. The lowest BCUT2D eigenvalue weighted by Crippen LogP contribution is -2.30. The predicted octanol–water partition coefficient (Wildman–Crippen LogP) is 1.76. The molecule has 8 heteroatoms. The Bertz CT molecular complexity index is 1210. The van der Waals surface area contributed by atoms with Crippen molar-refractivity contribution in [2.24, 2.45) is 20.2 Å². The Kier molecular flexibility index (Phi) is 4.95. The highest BCUT2D eigenvalue weighted by Crippen LogP contribution is 2.26. The van der Waals surface area contributed by atoms with E-state index in [4.69, 9.17) is 0 Å². The fraction of sp³-hybridized carbons (Fsp3) is 0.182. The molecule has 0 saturated heterocycles. The quantitative estimate of drug-likeness (QED) is 0.306. The van der Waals surface area contributed by atoms with Gasteiger partial charge >= 0.3 is 0 Å². The normalized spacial score (nSPS) is 16.1. The number of rotatable bonds is 4. The van der Waals surface area contributed by atoms with E-state index in [9.17, 15) is 0 Å². The van der Waals surface area contributed by atoms with Crippen LogP contribution in [0.3, 0.4) is 0 Å². The molecule has 0 unspecified atom stereocenters. The number of nitrogens with one attached hydrogen (secondary N) is 4. The Balaban J connectivity index is 1.53. The van der Waals surface area contributed by atoms with Crippen LogP contribution in [0.25, 0.3) is 21.5 Å². The maximum atomic E-state index is 4.41. The van der Waals surface area contributed by atoms with Gasteiger partial charge in [0, 0.05) is 24.2 Å². The minimum Gasteiger partial charge on any atom is -0.353 e. The van der Waals surface area contributed by atoms with E-state index in [0.29, 0.717) is 11.9 Å². The van der Waals surface area contributed by atoms with E-state index in [1.807, 2.05) is 6.21 Å². The molecule has 0 aliphatic carbocycles. The third-order valence-corrected chi connectivity index (χ3v) is 5.05. The van der Waals surface area contributed by atoms with Crippen LogP contribution in [0.5, 0.6) is 0 Å². The SMILES string of the molecule is C(=NNC1=NCCN1)c1ccc2cc3ccccc3cc2c1C=NNC1=NCCN1. The zero-order valence-corrected chi connectivity index (χ0v) is 16.4. The fourth-order valence-corrected chi connectivity index (χ4v) is 3.58. The molecule has 3 aromatic rings. The molecule has 0 atom stereocenters. The topological polar surface area (TPSA) is 97.6 Å². The predicted molar refractivity (Wildman–Crippen MR) is 124 cm³/mol. The molecule has 5 rings (SSSR count).